The van der Waals surface area contributed by atoms with Crippen LogP contribution in [0, 0.1) is 6.92 Å². The van der Waals surface area contributed by atoms with Crippen LogP contribution in [0.2, 0.25) is 0 Å². The van der Waals surface area contributed by atoms with Gasteiger partial charge in [0.15, 0.2) is 0 Å². The van der Waals surface area contributed by atoms with E-state index in [-0.39, 0.29) is 0 Å². The van der Waals surface area contributed by atoms with E-state index in [1.54, 1.807) is 0 Å². The lowest BCUT2D eigenvalue weighted by atomic mass is 9.80. The summed E-state index contributed by atoms with van der Waals surface area (Å²) in [7, 11) is 0. The van der Waals surface area contributed by atoms with Crippen molar-refractivity contribution >= 4 is 0 Å². The highest BCUT2D eigenvalue weighted by molar-refractivity contribution is 5.09. The van der Waals surface area contributed by atoms with Gasteiger partial charge >= 0.3 is 0 Å². The molecule has 1 aliphatic carbocycles. The van der Waals surface area contributed by atoms with Crippen molar-refractivity contribution in [2.75, 3.05) is 6.54 Å². The zero-order chi connectivity index (χ0) is 10.7. The highest BCUT2D eigenvalue weighted by Crippen LogP contribution is 2.30. The van der Waals surface area contributed by atoms with Crippen molar-refractivity contribution in [3.8, 4) is 0 Å². The standard InChI is InChI=1S/C12H18N2O/c1-10-4-2-5-11(14-10)8-13-9-12(15)6-3-7-12/h2,4-5,13,15H,3,6-9H2,1H3. The number of hydrogen-bond donors (Lipinski definition) is 2. The predicted molar refractivity (Wildman–Crippen MR) is 59.5 cm³/mol. The molecule has 0 bridgehead atoms. The summed E-state index contributed by atoms with van der Waals surface area (Å²) in [5.74, 6) is 0. The first-order valence-electron chi connectivity index (χ1n) is 5.54. The van der Waals surface area contributed by atoms with E-state index >= 15 is 0 Å². The maximum absolute atomic E-state index is 9.86. The zero-order valence-corrected chi connectivity index (χ0v) is 9.16. The number of aromatic nitrogens is 1. The Labute approximate surface area is 90.5 Å². The zero-order valence-electron chi connectivity index (χ0n) is 9.16. The minimum atomic E-state index is -0.441. The van der Waals surface area contributed by atoms with Crippen LogP contribution in [0.5, 0.6) is 0 Å². The Hall–Kier alpha value is -0.930. The predicted octanol–water partition coefficient (Wildman–Crippen LogP) is 1.39. The van der Waals surface area contributed by atoms with E-state index in [1.165, 1.54) is 0 Å². The Balaban J connectivity index is 1.78. The summed E-state index contributed by atoms with van der Waals surface area (Å²) in [5, 5.41) is 13.1. The van der Waals surface area contributed by atoms with Crippen LogP contribution in [0.3, 0.4) is 0 Å². The summed E-state index contributed by atoms with van der Waals surface area (Å²) in [6.07, 6.45) is 3.02. The van der Waals surface area contributed by atoms with Gasteiger partial charge in [0.1, 0.15) is 0 Å². The van der Waals surface area contributed by atoms with Gasteiger partial charge in [-0.05, 0) is 38.3 Å². The van der Waals surface area contributed by atoms with Gasteiger partial charge in [-0.15, -0.1) is 0 Å². The minimum Gasteiger partial charge on any atom is -0.389 e. The Bertz CT molecular complexity index is 334. The molecule has 0 amide bonds. The van der Waals surface area contributed by atoms with Crippen LogP contribution in [0.15, 0.2) is 18.2 Å². The molecule has 0 aromatic carbocycles. The smallest absolute Gasteiger partial charge is 0.0771 e. The van der Waals surface area contributed by atoms with Crippen LogP contribution in [-0.4, -0.2) is 22.2 Å². The van der Waals surface area contributed by atoms with Crippen molar-refractivity contribution in [2.45, 2.75) is 38.3 Å². The fraction of sp³-hybridized carbons (Fsp3) is 0.583. The van der Waals surface area contributed by atoms with E-state index in [1.807, 2.05) is 25.1 Å². The fourth-order valence-electron chi connectivity index (χ4n) is 1.88. The Morgan fingerprint density at radius 1 is 1.47 bits per heavy atom. The van der Waals surface area contributed by atoms with Crippen LogP contribution >= 0.6 is 0 Å². The van der Waals surface area contributed by atoms with Crippen molar-refractivity contribution < 1.29 is 5.11 Å². The van der Waals surface area contributed by atoms with E-state index in [2.05, 4.69) is 10.3 Å². The normalized spacial score (nSPS) is 18.5. The molecular formula is C12H18N2O. The summed E-state index contributed by atoms with van der Waals surface area (Å²) >= 11 is 0. The van der Waals surface area contributed by atoms with E-state index in [0.717, 1.165) is 37.2 Å². The molecule has 0 unspecified atom stereocenters. The Morgan fingerprint density at radius 3 is 2.87 bits per heavy atom. The number of aliphatic hydroxyl groups is 1. The lowest BCUT2D eigenvalue weighted by molar-refractivity contribution is -0.0315. The number of hydrogen-bond acceptors (Lipinski definition) is 3. The van der Waals surface area contributed by atoms with Gasteiger partial charge in [-0.2, -0.15) is 0 Å². The molecule has 0 spiro atoms. The monoisotopic (exact) mass is 206 g/mol. The topological polar surface area (TPSA) is 45.1 Å². The molecule has 82 valence electrons. The van der Waals surface area contributed by atoms with Gasteiger partial charge in [0.25, 0.3) is 0 Å². The quantitative estimate of drug-likeness (QED) is 0.782. The molecule has 1 heterocycles. The van der Waals surface area contributed by atoms with Crippen molar-refractivity contribution in [2.24, 2.45) is 0 Å². The Kier molecular flexibility index (Phi) is 3.03. The molecule has 0 radical (unpaired) electrons. The molecule has 1 aromatic heterocycles. The number of nitrogens with one attached hydrogen (secondary N) is 1. The molecule has 3 nitrogen and oxygen atoms in total. The van der Waals surface area contributed by atoms with Gasteiger partial charge in [0.2, 0.25) is 0 Å². The number of pyridine rings is 1. The van der Waals surface area contributed by atoms with Gasteiger partial charge in [0, 0.05) is 18.8 Å². The van der Waals surface area contributed by atoms with Gasteiger partial charge < -0.3 is 10.4 Å². The average Bonchev–Trinajstić information content (AvgIpc) is 2.15. The van der Waals surface area contributed by atoms with E-state index in [9.17, 15) is 5.11 Å². The fourth-order valence-corrected chi connectivity index (χ4v) is 1.88. The first-order valence-corrected chi connectivity index (χ1v) is 5.54. The van der Waals surface area contributed by atoms with Gasteiger partial charge in [-0.25, -0.2) is 0 Å². The SMILES string of the molecule is Cc1cccc(CNCC2(O)CCC2)n1. The Morgan fingerprint density at radius 2 is 2.27 bits per heavy atom. The van der Waals surface area contributed by atoms with Crippen molar-refractivity contribution in [3.05, 3.63) is 29.6 Å². The van der Waals surface area contributed by atoms with Crippen molar-refractivity contribution in [1.29, 1.82) is 0 Å². The molecule has 2 rings (SSSR count). The molecule has 1 fully saturated rings. The lowest BCUT2D eigenvalue weighted by Gasteiger charge is -2.36. The molecule has 3 heteroatoms. The highest BCUT2D eigenvalue weighted by Gasteiger charge is 2.33. The molecule has 1 aromatic rings. The molecule has 1 saturated carbocycles. The maximum Gasteiger partial charge on any atom is 0.0771 e. The second-order valence-electron chi connectivity index (χ2n) is 4.45. The highest BCUT2D eigenvalue weighted by atomic mass is 16.3. The second kappa shape index (κ2) is 4.29. The van der Waals surface area contributed by atoms with Crippen LogP contribution < -0.4 is 5.32 Å². The molecule has 1 aliphatic rings. The van der Waals surface area contributed by atoms with Gasteiger partial charge in [-0.3, -0.25) is 4.98 Å². The van der Waals surface area contributed by atoms with E-state index < -0.39 is 5.60 Å². The molecule has 2 N–H and O–H groups in total. The third-order valence-corrected chi connectivity index (χ3v) is 2.99. The largest absolute Gasteiger partial charge is 0.389 e. The van der Waals surface area contributed by atoms with Crippen LogP contribution in [0.4, 0.5) is 0 Å². The lowest BCUT2D eigenvalue weighted by Crippen LogP contribution is -2.46. The molecule has 15 heavy (non-hydrogen) atoms. The molecule has 0 aliphatic heterocycles. The van der Waals surface area contributed by atoms with Crippen LogP contribution in [-0.2, 0) is 6.54 Å². The maximum atomic E-state index is 9.86. The van der Waals surface area contributed by atoms with Crippen LogP contribution in [0.1, 0.15) is 30.7 Å². The molecule has 0 saturated heterocycles. The van der Waals surface area contributed by atoms with Gasteiger partial charge in [0.05, 0.1) is 11.3 Å². The number of aryl methyl sites for hydroxylation is 1. The summed E-state index contributed by atoms with van der Waals surface area (Å²) in [6, 6.07) is 6.01. The average molecular weight is 206 g/mol. The summed E-state index contributed by atoms with van der Waals surface area (Å²) < 4.78 is 0. The third kappa shape index (κ3) is 2.76. The first-order chi connectivity index (χ1) is 7.18. The minimum absolute atomic E-state index is 0.441. The summed E-state index contributed by atoms with van der Waals surface area (Å²) in [6.45, 7) is 3.41. The first kappa shape index (κ1) is 10.6. The van der Waals surface area contributed by atoms with Crippen LogP contribution in [0.25, 0.3) is 0 Å². The van der Waals surface area contributed by atoms with Gasteiger partial charge in [-0.1, -0.05) is 6.07 Å². The van der Waals surface area contributed by atoms with E-state index in [0.29, 0.717) is 6.54 Å². The third-order valence-electron chi connectivity index (χ3n) is 2.99. The van der Waals surface area contributed by atoms with Crippen molar-refractivity contribution in [3.63, 3.8) is 0 Å². The number of rotatable bonds is 4. The van der Waals surface area contributed by atoms with Crippen molar-refractivity contribution in [1.82, 2.24) is 10.3 Å². The summed E-state index contributed by atoms with van der Waals surface area (Å²) in [5.41, 5.74) is 1.64. The van der Waals surface area contributed by atoms with E-state index in [4.69, 9.17) is 0 Å². The summed E-state index contributed by atoms with van der Waals surface area (Å²) in [4.78, 5) is 4.39. The molecular weight excluding hydrogens is 188 g/mol. The molecule has 0 atom stereocenters. The second-order valence-corrected chi connectivity index (χ2v) is 4.45. The number of nitrogens with zero attached hydrogens (tertiary/aromatic N) is 1.